The molecule has 6 heteroatoms. The SMILES string of the molecule is O=C(OC1=CC=NCO1)n1ccnc1. The van der Waals surface area contributed by atoms with Crippen molar-refractivity contribution in [3.05, 3.63) is 30.7 Å². The minimum atomic E-state index is -0.566. The summed E-state index contributed by atoms with van der Waals surface area (Å²) in [5.41, 5.74) is 0. The molecule has 72 valence electrons. The Morgan fingerprint density at radius 1 is 1.64 bits per heavy atom. The van der Waals surface area contributed by atoms with Crippen LogP contribution in [0.5, 0.6) is 0 Å². The average molecular weight is 193 g/mol. The predicted molar refractivity (Wildman–Crippen MR) is 46.6 cm³/mol. The van der Waals surface area contributed by atoms with E-state index in [4.69, 9.17) is 9.47 Å². The van der Waals surface area contributed by atoms with E-state index in [0.29, 0.717) is 0 Å². The Morgan fingerprint density at radius 3 is 3.21 bits per heavy atom. The van der Waals surface area contributed by atoms with Crippen LogP contribution in [-0.2, 0) is 9.47 Å². The fourth-order valence-corrected chi connectivity index (χ4v) is 0.875. The van der Waals surface area contributed by atoms with Crippen LogP contribution in [0.15, 0.2) is 35.7 Å². The van der Waals surface area contributed by atoms with Crippen molar-refractivity contribution in [3.8, 4) is 0 Å². The summed E-state index contributed by atoms with van der Waals surface area (Å²) in [4.78, 5) is 18.8. The zero-order valence-corrected chi connectivity index (χ0v) is 7.16. The standard InChI is InChI=1S/C8H7N3O3/c12-8(11-4-3-9-5-11)14-7-1-2-10-6-13-7/h1-5H,6H2. The molecule has 1 aliphatic rings. The molecule has 0 aromatic carbocycles. The Kier molecular flexibility index (Phi) is 2.26. The molecular formula is C8H7N3O3. The molecule has 0 saturated heterocycles. The molecule has 1 aromatic heterocycles. The summed E-state index contributed by atoms with van der Waals surface area (Å²) in [6.45, 7) is 0.170. The van der Waals surface area contributed by atoms with E-state index < -0.39 is 6.09 Å². The van der Waals surface area contributed by atoms with Crippen LogP contribution >= 0.6 is 0 Å². The molecule has 1 aliphatic heterocycles. The van der Waals surface area contributed by atoms with Crippen LogP contribution in [0.3, 0.4) is 0 Å². The van der Waals surface area contributed by atoms with Crippen molar-refractivity contribution >= 4 is 12.3 Å². The molecule has 0 radical (unpaired) electrons. The molecule has 0 unspecified atom stereocenters. The quantitative estimate of drug-likeness (QED) is 0.660. The van der Waals surface area contributed by atoms with Gasteiger partial charge >= 0.3 is 6.09 Å². The van der Waals surface area contributed by atoms with E-state index in [2.05, 4.69) is 9.98 Å². The Hall–Kier alpha value is -2.11. The van der Waals surface area contributed by atoms with Gasteiger partial charge in [0.05, 0.1) is 0 Å². The van der Waals surface area contributed by atoms with Crippen LogP contribution in [0.25, 0.3) is 0 Å². The summed E-state index contributed by atoms with van der Waals surface area (Å²) in [7, 11) is 0. The number of ether oxygens (including phenoxy) is 2. The highest BCUT2D eigenvalue weighted by atomic mass is 16.7. The van der Waals surface area contributed by atoms with Crippen molar-refractivity contribution in [2.75, 3.05) is 6.73 Å². The van der Waals surface area contributed by atoms with E-state index in [1.54, 1.807) is 0 Å². The smallest absolute Gasteiger partial charge is 0.427 e. The van der Waals surface area contributed by atoms with Crippen LogP contribution < -0.4 is 0 Å². The van der Waals surface area contributed by atoms with Gasteiger partial charge in [0.25, 0.3) is 5.95 Å². The number of allylic oxidation sites excluding steroid dienone is 1. The van der Waals surface area contributed by atoms with Crippen molar-refractivity contribution in [1.29, 1.82) is 0 Å². The van der Waals surface area contributed by atoms with Crippen LogP contribution in [0.4, 0.5) is 4.79 Å². The highest BCUT2D eigenvalue weighted by Crippen LogP contribution is 2.04. The summed E-state index contributed by atoms with van der Waals surface area (Å²) in [5, 5.41) is 0. The molecule has 14 heavy (non-hydrogen) atoms. The van der Waals surface area contributed by atoms with Gasteiger partial charge in [0, 0.05) is 24.7 Å². The first-order valence-corrected chi connectivity index (χ1v) is 3.89. The fraction of sp³-hybridized carbons (Fsp3) is 0.125. The monoisotopic (exact) mass is 193 g/mol. The number of hydrogen-bond acceptors (Lipinski definition) is 5. The summed E-state index contributed by atoms with van der Waals surface area (Å²) < 4.78 is 11.0. The van der Waals surface area contributed by atoms with E-state index in [1.165, 1.54) is 35.6 Å². The molecule has 6 nitrogen and oxygen atoms in total. The molecule has 2 rings (SSSR count). The second-order valence-corrected chi connectivity index (χ2v) is 2.43. The number of aromatic nitrogens is 2. The van der Waals surface area contributed by atoms with E-state index in [1.807, 2.05) is 0 Å². The summed E-state index contributed by atoms with van der Waals surface area (Å²) >= 11 is 0. The number of carbonyl (C=O) groups is 1. The van der Waals surface area contributed by atoms with Gasteiger partial charge in [0.1, 0.15) is 6.33 Å². The topological polar surface area (TPSA) is 65.7 Å². The van der Waals surface area contributed by atoms with Gasteiger partial charge in [-0.3, -0.25) is 4.99 Å². The van der Waals surface area contributed by atoms with Crippen LogP contribution in [-0.4, -0.2) is 28.6 Å². The van der Waals surface area contributed by atoms with Gasteiger partial charge < -0.3 is 9.47 Å². The lowest BCUT2D eigenvalue weighted by Crippen LogP contribution is -2.14. The van der Waals surface area contributed by atoms with E-state index in [9.17, 15) is 4.79 Å². The molecule has 0 fully saturated rings. The highest BCUT2D eigenvalue weighted by molar-refractivity contribution is 5.75. The first-order chi connectivity index (χ1) is 6.86. The number of imidazole rings is 1. The molecule has 0 atom stereocenters. The maximum atomic E-state index is 11.3. The van der Waals surface area contributed by atoms with E-state index in [0.717, 1.165) is 0 Å². The lowest BCUT2D eigenvalue weighted by molar-refractivity contribution is 0.0693. The molecule has 2 heterocycles. The molecule has 0 amide bonds. The average Bonchev–Trinajstić information content (AvgIpc) is 2.72. The van der Waals surface area contributed by atoms with Crippen LogP contribution in [0.2, 0.25) is 0 Å². The Balaban J connectivity index is 2.01. The second-order valence-electron chi connectivity index (χ2n) is 2.43. The third-order valence-corrected chi connectivity index (χ3v) is 1.50. The van der Waals surface area contributed by atoms with E-state index in [-0.39, 0.29) is 12.7 Å². The zero-order chi connectivity index (χ0) is 9.80. The molecule has 0 saturated carbocycles. The molecule has 1 aromatic rings. The molecule has 0 bridgehead atoms. The molecular weight excluding hydrogens is 186 g/mol. The number of carbonyl (C=O) groups excluding carboxylic acids is 1. The molecule has 0 aliphatic carbocycles. The second kappa shape index (κ2) is 3.73. The lowest BCUT2D eigenvalue weighted by Gasteiger charge is -2.09. The van der Waals surface area contributed by atoms with E-state index >= 15 is 0 Å². The third-order valence-electron chi connectivity index (χ3n) is 1.50. The Bertz CT molecular complexity index is 381. The summed E-state index contributed by atoms with van der Waals surface area (Å²) in [6.07, 6.45) is 6.74. The van der Waals surface area contributed by atoms with Crippen LogP contribution in [0.1, 0.15) is 0 Å². The lowest BCUT2D eigenvalue weighted by atomic mass is 10.6. The van der Waals surface area contributed by atoms with Crippen molar-refractivity contribution in [1.82, 2.24) is 9.55 Å². The van der Waals surface area contributed by atoms with Crippen molar-refractivity contribution in [3.63, 3.8) is 0 Å². The largest absolute Gasteiger partial charge is 0.442 e. The first-order valence-electron chi connectivity index (χ1n) is 3.89. The van der Waals surface area contributed by atoms with Gasteiger partial charge in [-0.05, 0) is 0 Å². The maximum absolute atomic E-state index is 11.3. The van der Waals surface area contributed by atoms with Gasteiger partial charge in [-0.1, -0.05) is 0 Å². The predicted octanol–water partition coefficient (Wildman–Crippen LogP) is 0.768. The minimum Gasteiger partial charge on any atom is -0.442 e. The third kappa shape index (κ3) is 1.79. The van der Waals surface area contributed by atoms with Gasteiger partial charge in [-0.15, -0.1) is 0 Å². The summed E-state index contributed by atoms with van der Waals surface area (Å²) in [6, 6.07) is 0. The Morgan fingerprint density at radius 2 is 2.57 bits per heavy atom. The number of rotatable bonds is 1. The Labute approximate surface area is 79.5 Å². The van der Waals surface area contributed by atoms with Crippen LogP contribution in [0, 0.1) is 0 Å². The van der Waals surface area contributed by atoms with Crippen molar-refractivity contribution < 1.29 is 14.3 Å². The van der Waals surface area contributed by atoms with Gasteiger partial charge in [-0.25, -0.2) is 14.3 Å². The van der Waals surface area contributed by atoms with Gasteiger partial charge in [0.15, 0.2) is 6.73 Å². The van der Waals surface area contributed by atoms with Gasteiger partial charge in [-0.2, -0.15) is 0 Å². The zero-order valence-electron chi connectivity index (χ0n) is 7.16. The number of hydrogen-bond donors (Lipinski definition) is 0. The molecule has 0 N–H and O–H groups in total. The normalized spacial score (nSPS) is 14.4. The highest BCUT2D eigenvalue weighted by Gasteiger charge is 2.10. The summed E-state index contributed by atoms with van der Waals surface area (Å²) in [5.74, 6) is 0.138. The fourth-order valence-electron chi connectivity index (χ4n) is 0.875. The maximum Gasteiger partial charge on any atom is 0.427 e. The first kappa shape index (κ1) is 8.49. The number of nitrogens with zero attached hydrogens (tertiary/aromatic N) is 3. The number of aliphatic imine (C=N–C) groups is 1. The molecule has 0 spiro atoms. The van der Waals surface area contributed by atoms with Gasteiger partial charge in [0.2, 0.25) is 0 Å². The van der Waals surface area contributed by atoms with Crippen molar-refractivity contribution in [2.24, 2.45) is 4.99 Å². The van der Waals surface area contributed by atoms with Crippen molar-refractivity contribution in [2.45, 2.75) is 0 Å². The minimum absolute atomic E-state index is 0.138.